The zero-order chi connectivity index (χ0) is 7.40. The molecule has 0 fully saturated rings. The van der Waals surface area contributed by atoms with Crippen LogP contribution in [0.1, 0.15) is 12.8 Å². The molecule has 1 heterocycles. The summed E-state index contributed by atoms with van der Waals surface area (Å²) in [5, 5.41) is 11.3. The molecule has 0 radical (unpaired) electrons. The highest BCUT2D eigenvalue weighted by Gasteiger charge is 2.06. The predicted octanol–water partition coefficient (Wildman–Crippen LogP) is -0.147. The normalized spacial score (nSPS) is 16.2. The van der Waals surface area contributed by atoms with Crippen LogP contribution in [-0.2, 0) is 4.79 Å². The summed E-state index contributed by atoms with van der Waals surface area (Å²) in [5.41, 5.74) is 0. The number of carbonyl (C=O) groups is 1. The fraction of sp³-hybridized carbons (Fsp3) is 0.667. The largest absolute Gasteiger partial charge is 0.481 e. The van der Waals surface area contributed by atoms with Crippen LogP contribution in [0.15, 0.2) is 4.99 Å². The molecule has 1 rings (SSSR count). The van der Waals surface area contributed by atoms with E-state index in [1.807, 2.05) is 0 Å². The molecular formula is C6H10N2O2. The number of rotatable bonds is 3. The molecule has 0 saturated heterocycles. The van der Waals surface area contributed by atoms with E-state index < -0.39 is 5.97 Å². The number of nitrogens with zero attached hydrogens (tertiary/aromatic N) is 1. The first-order valence-electron chi connectivity index (χ1n) is 3.28. The Morgan fingerprint density at radius 3 is 3.10 bits per heavy atom. The van der Waals surface area contributed by atoms with Crippen molar-refractivity contribution in [3.05, 3.63) is 0 Å². The van der Waals surface area contributed by atoms with E-state index in [0.29, 0.717) is 6.42 Å². The highest BCUT2D eigenvalue weighted by Crippen LogP contribution is 1.94. The Morgan fingerprint density at radius 2 is 2.60 bits per heavy atom. The van der Waals surface area contributed by atoms with Gasteiger partial charge in [-0.05, 0) is 0 Å². The summed E-state index contributed by atoms with van der Waals surface area (Å²) in [4.78, 5) is 14.1. The lowest BCUT2D eigenvalue weighted by Crippen LogP contribution is -2.19. The minimum absolute atomic E-state index is 0.172. The molecule has 0 saturated carbocycles. The van der Waals surface area contributed by atoms with Gasteiger partial charge in [0, 0.05) is 13.0 Å². The standard InChI is InChI=1S/C6H10N2O2/c9-6(10)2-1-5-7-3-4-8-5/h1-4H2,(H,7,8)(H,9,10). The zero-order valence-corrected chi connectivity index (χ0v) is 5.63. The van der Waals surface area contributed by atoms with Crippen molar-refractivity contribution in [1.29, 1.82) is 0 Å². The summed E-state index contributed by atoms with van der Waals surface area (Å²) in [5.74, 6) is 0.0683. The monoisotopic (exact) mass is 142 g/mol. The third kappa shape index (κ3) is 2.05. The molecule has 0 aromatic rings. The summed E-state index contributed by atoms with van der Waals surface area (Å²) >= 11 is 0. The van der Waals surface area contributed by atoms with Crippen molar-refractivity contribution in [3.63, 3.8) is 0 Å². The van der Waals surface area contributed by atoms with Gasteiger partial charge in [0.05, 0.1) is 18.8 Å². The van der Waals surface area contributed by atoms with Crippen molar-refractivity contribution < 1.29 is 9.90 Å². The Hall–Kier alpha value is -1.06. The Balaban J connectivity index is 2.19. The molecule has 0 spiro atoms. The van der Waals surface area contributed by atoms with Gasteiger partial charge in [0.25, 0.3) is 0 Å². The SMILES string of the molecule is O=C(O)CCC1=NCCN1. The highest BCUT2D eigenvalue weighted by atomic mass is 16.4. The fourth-order valence-electron chi connectivity index (χ4n) is 0.840. The van der Waals surface area contributed by atoms with Gasteiger partial charge in [-0.15, -0.1) is 0 Å². The summed E-state index contributed by atoms with van der Waals surface area (Å²) in [6, 6.07) is 0. The maximum atomic E-state index is 10.1. The van der Waals surface area contributed by atoms with E-state index in [9.17, 15) is 4.79 Å². The zero-order valence-electron chi connectivity index (χ0n) is 5.63. The first-order chi connectivity index (χ1) is 4.79. The predicted molar refractivity (Wildman–Crippen MR) is 37.2 cm³/mol. The van der Waals surface area contributed by atoms with Gasteiger partial charge in [0.2, 0.25) is 0 Å². The maximum absolute atomic E-state index is 10.1. The molecule has 4 nitrogen and oxygen atoms in total. The first-order valence-corrected chi connectivity index (χ1v) is 3.28. The average Bonchev–Trinajstić information content (AvgIpc) is 2.34. The Kier molecular flexibility index (Phi) is 2.25. The molecule has 0 aromatic carbocycles. The number of nitrogens with one attached hydrogen (secondary N) is 1. The van der Waals surface area contributed by atoms with Crippen LogP contribution in [0.4, 0.5) is 0 Å². The lowest BCUT2D eigenvalue weighted by Gasteiger charge is -1.96. The lowest BCUT2D eigenvalue weighted by molar-refractivity contribution is -0.136. The summed E-state index contributed by atoms with van der Waals surface area (Å²) < 4.78 is 0. The molecule has 0 unspecified atom stereocenters. The van der Waals surface area contributed by atoms with E-state index in [0.717, 1.165) is 18.9 Å². The second kappa shape index (κ2) is 3.20. The van der Waals surface area contributed by atoms with E-state index in [4.69, 9.17) is 5.11 Å². The minimum atomic E-state index is -0.767. The number of amidine groups is 1. The molecule has 10 heavy (non-hydrogen) atoms. The number of aliphatic carboxylic acids is 1. The maximum Gasteiger partial charge on any atom is 0.303 e. The highest BCUT2D eigenvalue weighted by molar-refractivity contribution is 5.86. The Labute approximate surface area is 59.0 Å². The summed E-state index contributed by atoms with van der Waals surface area (Å²) in [6.45, 7) is 1.64. The molecule has 0 bridgehead atoms. The second-order valence-corrected chi connectivity index (χ2v) is 2.15. The molecule has 0 atom stereocenters. The van der Waals surface area contributed by atoms with Crippen LogP contribution < -0.4 is 5.32 Å². The first kappa shape index (κ1) is 7.05. The van der Waals surface area contributed by atoms with Crippen molar-refractivity contribution in [2.75, 3.05) is 13.1 Å². The van der Waals surface area contributed by atoms with Gasteiger partial charge in [0.15, 0.2) is 0 Å². The summed E-state index contributed by atoms with van der Waals surface area (Å²) in [7, 11) is 0. The molecular weight excluding hydrogens is 132 g/mol. The van der Waals surface area contributed by atoms with Crippen LogP contribution in [0.2, 0.25) is 0 Å². The van der Waals surface area contributed by atoms with Gasteiger partial charge in [-0.3, -0.25) is 9.79 Å². The van der Waals surface area contributed by atoms with Crippen LogP contribution in [0.5, 0.6) is 0 Å². The Bertz CT molecular complexity index is 165. The van der Waals surface area contributed by atoms with Crippen LogP contribution in [0, 0.1) is 0 Å². The topological polar surface area (TPSA) is 61.7 Å². The lowest BCUT2D eigenvalue weighted by atomic mass is 10.3. The third-order valence-corrected chi connectivity index (χ3v) is 1.32. The van der Waals surface area contributed by atoms with Gasteiger partial charge in [0.1, 0.15) is 0 Å². The van der Waals surface area contributed by atoms with Crippen molar-refractivity contribution in [1.82, 2.24) is 5.32 Å². The second-order valence-electron chi connectivity index (χ2n) is 2.15. The minimum Gasteiger partial charge on any atom is -0.481 e. The average molecular weight is 142 g/mol. The number of carboxylic acid groups (broad SMARTS) is 1. The smallest absolute Gasteiger partial charge is 0.303 e. The van der Waals surface area contributed by atoms with E-state index in [1.54, 1.807) is 0 Å². The molecule has 4 heteroatoms. The van der Waals surface area contributed by atoms with E-state index in [1.165, 1.54) is 0 Å². The van der Waals surface area contributed by atoms with Gasteiger partial charge in [-0.25, -0.2) is 0 Å². The Morgan fingerprint density at radius 1 is 1.80 bits per heavy atom. The molecule has 1 aliphatic heterocycles. The number of aliphatic imine (C=N–C) groups is 1. The van der Waals surface area contributed by atoms with E-state index in [2.05, 4.69) is 10.3 Å². The number of carboxylic acids is 1. The molecule has 0 aromatic heterocycles. The quantitative estimate of drug-likeness (QED) is 0.576. The third-order valence-electron chi connectivity index (χ3n) is 1.32. The van der Waals surface area contributed by atoms with Crippen LogP contribution in [-0.4, -0.2) is 30.0 Å². The molecule has 0 aliphatic carbocycles. The van der Waals surface area contributed by atoms with Crippen LogP contribution in [0.25, 0.3) is 0 Å². The fourth-order valence-corrected chi connectivity index (χ4v) is 0.840. The van der Waals surface area contributed by atoms with Gasteiger partial charge in [-0.2, -0.15) is 0 Å². The van der Waals surface area contributed by atoms with E-state index >= 15 is 0 Å². The molecule has 1 aliphatic rings. The van der Waals surface area contributed by atoms with Crippen molar-refractivity contribution in [2.45, 2.75) is 12.8 Å². The number of hydrogen-bond donors (Lipinski definition) is 2. The van der Waals surface area contributed by atoms with Crippen LogP contribution >= 0.6 is 0 Å². The number of hydrogen-bond acceptors (Lipinski definition) is 3. The van der Waals surface area contributed by atoms with E-state index in [-0.39, 0.29) is 6.42 Å². The summed E-state index contributed by atoms with van der Waals surface area (Å²) in [6.07, 6.45) is 0.709. The van der Waals surface area contributed by atoms with Crippen molar-refractivity contribution >= 4 is 11.8 Å². The van der Waals surface area contributed by atoms with Gasteiger partial charge < -0.3 is 10.4 Å². The molecule has 56 valence electrons. The molecule has 0 amide bonds. The van der Waals surface area contributed by atoms with Gasteiger partial charge >= 0.3 is 5.97 Å². The molecule has 2 N–H and O–H groups in total. The van der Waals surface area contributed by atoms with Crippen molar-refractivity contribution in [3.8, 4) is 0 Å². The van der Waals surface area contributed by atoms with Crippen molar-refractivity contribution in [2.24, 2.45) is 4.99 Å². The van der Waals surface area contributed by atoms with Crippen LogP contribution in [0.3, 0.4) is 0 Å². The van der Waals surface area contributed by atoms with Gasteiger partial charge in [-0.1, -0.05) is 0 Å².